The Hall–Kier alpha value is -2.12. The molecule has 2 unspecified atom stereocenters. The van der Waals surface area contributed by atoms with E-state index in [0.29, 0.717) is 12.3 Å². The van der Waals surface area contributed by atoms with Crippen LogP contribution in [0.5, 0.6) is 0 Å². The highest BCUT2D eigenvalue weighted by Crippen LogP contribution is 2.37. The number of hydrogen-bond donors (Lipinski definition) is 0. The lowest BCUT2D eigenvalue weighted by Gasteiger charge is -2.29. The van der Waals surface area contributed by atoms with Gasteiger partial charge in [0.05, 0.1) is 6.10 Å². The Morgan fingerprint density at radius 3 is 2.84 bits per heavy atom. The fourth-order valence-electron chi connectivity index (χ4n) is 3.21. The number of nitrogens with zero attached hydrogens (tertiary/aromatic N) is 5. The molecule has 1 fully saturated rings. The molecule has 25 heavy (non-hydrogen) atoms. The summed E-state index contributed by atoms with van der Waals surface area (Å²) in [6.45, 7) is 2.70. The second-order valence-corrected chi connectivity index (χ2v) is 6.93. The molecule has 0 saturated carbocycles. The highest BCUT2D eigenvalue weighted by atomic mass is 32.2. The average molecular weight is 353 g/mol. The first-order chi connectivity index (χ1) is 12.2. The van der Waals surface area contributed by atoms with Gasteiger partial charge in [0.25, 0.3) is 0 Å². The number of pyridine rings is 1. The number of aromatic nitrogens is 5. The Labute approximate surface area is 150 Å². The summed E-state index contributed by atoms with van der Waals surface area (Å²) in [5.74, 6) is 1.10. The van der Waals surface area contributed by atoms with Crippen LogP contribution in [0.3, 0.4) is 0 Å². The van der Waals surface area contributed by atoms with Crippen molar-refractivity contribution in [3.05, 3.63) is 47.8 Å². The summed E-state index contributed by atoms with van der Waals surface area (Å²) in [6.07, 6.45) is 9.04. The zero-order valence-corrected chi connectivity index (χ0v) is 15.0. The van der Waals surface area contributed by atoms with E-state index in [2.05, 4.69) is 26.0 Å². The molecule has 0 radical (unpaired) electrons. The van der Waals surface area contributed by atoms with E-state index in [1.54, 1.807) is 24.2 Å². The van der Waals surface area contributed by atoms with Crippen LogP contribution in [0.4, 0.5) is 0 Å². The highest BCUT2D eigenvalue weighted by molar-refractivity contribution is 7.98. The number of hydrogen-bond acceptors (Lipinski definition) is 7. The number of ether oxygens (including phenoxy) is 1. The smallest absolute Gasteiger partial charge is 0.182 e. The van der Waals surface area contributed by atoms with Gasteiger partial charge in [0.1, 0.15) is 16.4 Å². The van der Waals surface area contributed by atoms with Gasteiger partial charge in [0.2, 0.25) is 0 Å². The van der Waals surface area contributed by atoms with E-state index in [-0.39, 0.29) is 12.0 Å². The third-order valence-electron chi connectivity index (χ3n) is 4.45. The third-order valence-corrected chi connectivity index (χ3v) is 5.12. The van der Waals surface area contributed by atoms with Gasteiger partial charge in [-0.25, -0.2) is 19.9 Å². The first kappa shape index (κ1) is 16.4. The van der Waals surface area contributed by atoms with Gasteiger partial charge >= 0.3 is 0 Å². The number of aryl methyl sites for hydroxylation is 1. The number of fused-ring (bicyclic) bond motifs is 1. The molecular formula is C18H19N5OS. The summed E-state index contributed by atoms with van der Waals surface area (Å²) >= 11 is 1.58. The van der Waals surface area contributed by atoms with Crippen LogP contribution in [-0.4, -0.2) is 37.8 Å². The lowest BCUT2D eigenvalue weighted by atomic mass is 9.91. The van der Waals surface area contributed by atoms with Crippen LogP contribution < -0.4 is 0 Å². The zero-order valence-electron chi connectivity index (χ0n) is 14.2. The van der Waals surface area contributed by atoms with Gasteiger partial charge in [-0.3, -0.25) is 4.98 Å². The average Bonchev–Trinajstić information content (AvgIpc) is 2.67. The van der Waals surface area contributed by atoms with Crippen LogP contribution in [0.2, 0.25) is 0 Å². The minimum absolute atomic E-state index is 0.0549. The Bertz CT molecular complexity index is 904. The highest BCUT2D eigenvalue weighted by Gasteiger charge is 2.28. The third kappa shape index (κ3) is 3.34. The summed E-state index contributed by atoms with van der Waals surface area (Å²) in [5, 5.41) is 0.885. The van der Waals surface area contributed by atoms with Crippen molar-refractivity contribution in [2.45, 2.75) is 36.8 Å². The van der Waals surface area contributed by atoms with Gasteiger partial charge in [-0.05, 0) is 43.7 Å². The van der Waals surface area contributed by atoms with Crippen LogP contribution in [0, 0.1) is 6.92 Å². The molecule has 3 aromatic rings. The Kier molecular flexibility index (Phi) is 4.59. The maximum absolute atomic E-state index is 6.00. The maximum atomic E-state index is 6.00. The van der Waals surface area contributed by atoms with Gasteiger partial charge in [-0.15, -0.1) is 11.8 Å². The summed E-state index contributed by atoms with van der Waals surface area (Å²) in [7, 11) is 0. The summed E-state index contributed by atoms with van der Waals surface area (Å²) in [4.78, 5) is 22.5. The zero-order chi connectivity index (χ0) is 17.2. The molecule has 0 spiro atoms. The van der Waals surface area contributed by atoms with E-state index >= 15 is 0 Å². The second-order valence-electron chi connectivity index (χ2n) is 6.13. The Morgan fingerprint density at radius 2 is 2.00 bits per heavy atom. The molecule has 0 bridgehead atoms. The molecular weight excluding hydrogens is 334 g/mol. The van der Waals surface area contributed by atoms with E-state index in [4.69, 9.17) is 9.72 Å². The van der Waals surface area contributed by atoms with E-state index in [0.717, 1.165) is 34.9 Å². The van der Waals surface area contributed by atoms with Crippen LogP contribution in [-0.2, 0) is 4.74 Å². The molecule has 4 heterocycles. The predicted molar refractivity (Wildman–Crippen MR) is 96.6 cm³/mol. The van der Waals surface area contributed by atoms with E-state index < -0.39 is 0 Å². The van der Waals surface area contributed by atoms with Crippen molar-refractivity contribution in [1.29, 1.82) is 0 Å². The van der Waals surface area contributed by atoms with Gasteiger partial charge < -0.3 is 4.74 Å². The minimum atomic E-state index is 0.0549. The van der Waals surface area contributed by atoms with E-state index in [1.807, 2.05) is 25.4 Å². The summed E-state index contributed by atoms with van der Waals surface area (Å²) in [5.41, 5.74) is 3.61. The van der Waals surface area contributed by atoms with Crippen LogP contribution in [0.25, 0.3) is 11.2 Å². The normalized spacial score (nSPS) is 20.7. The number of rotatable bonds is 3. The molecule has 0 N–H and O–H groups in total. The summed E-state index contributed by atoms with van der Waals surface area (Å²) < 4.78 is 6.00. The van der Waals surface area contributed by atoms with Crippen molar-refractivity contribution >= 4 is 22.9 Å². The number of thioether (sulfide) groups is 1. The maximum Gasteiger partial charge on any atom is 0.182 e. The van der Waals surface area contributed by atoms with Crippen molar-refractivity contribution in [2.24, 2.45) is 0 Å². The van der Waals surface area contributed by atoms with E-state index in [1.165, 1.54) is 5.56 Å². The molecule has 0 amide bonds. The van der Waals surface area contributed by atoms with Crippen molar-refractivity contribution in [3.8, 4) is 0 Å². The van der Waals surface area contributed by atoms with Gasteiger partial charge in [0.15, 0.2) is 5.65 Å². The van der Waals surface area contributed by atoms with Gasteiger partial charge in [-0.2, -0.15) is 0 Å². The summed E-state index contributed by atoms with van der Waals surface area (Å²) in [6, 6.07) is 4.12. The fraction of sp³-hybridized carbons (Fsp3) is 0.389. The standard InChI is InChI=1S/C18H19N5OS/c1-11-9-12(3-5-19-11)14-10-13(4-8-24-14)16-22-17-15(18(23-16)25-2)20-6-7-21-17/h3,5-7,9,13-14H,4,8,10H2,1-2H3. The molecule has 1 saturated heterocycles. The minimum Gasteiger partial charge on any atom is -0.373 e. The Morgan fingerprint density at radius 1 is 1.12 bits per heavy atom. The molecule has 1 aliphatic heterocycles. The van der Waals surface area contributed by atoms with Crippen LogP contribution in [0.1, 0.15) is 41.9 Å². The van der Waals surface area contributed by atoms with Crippen molar-refractivity contribution < 1.29 is 4.74 Å². The predicted octanol–water partition coefficient (Wildman–Crippen LogP) is 3.48. The molecule has 3 aromatic heterocycles. The molecule has 0 aliphatic carbocycles. The van der Waals surface area contributed by atoms with Crippen molar-refractivity contribution in [1.82, 2.24) is 24.9 Å². The first-order valence-corrected chi connectivity index (χ1v) is 9.54. The molecule has 7 heteroatoms. The molecule has 0 aromatic carbocycles. The Balaban J connectivity index is 1.66. The van der Waals surface area contributed by atoms with E-state index in [9.17, 15) is 0 Å². The molecule has 2 atom stereocenters. The molecule has 128 valence electrons. The van der Waals surface area contributed by atoms with Gasteiger partial charge in [-0.1, -0.05) is 0 Å². The molecule has 6 nitrogen and oxygen atoms in total. The topological polar surface area (TPSA) is 73.7 Å². The second kappa shape index (κ2) is 7.01. The molecule has 4 rings (SSSR count). The van der Waals surface area contributed by atoms with Crippen LogP contribution >= 0.6 is 11.8 Å². The van der Waals surface area contributed by atoms with Crippen molar-refractivity contribution in [3.63, 3.8) is 0 Å². The fourth-order valence-corrected chi connectivity index (χ4v) is 3.73. The van der Waals surface area contributed by atoms with Crippen LogP contribution in [0.15, 0.2) is 35.7 Å². The van der Waals surface area contributed by atoms with Gasteiger partial charge in [0, 0.05) is 36.8 Å². The first-order valence-electron chi connectivity index (χ1n) is 8.31. The SMILES string of the molecule is CSc1nc(C2CCOC(c3ccnc(C)c3)C2)nc2nccnc12. The lowest BCUT2D eigenvalue weighted by molar-refractivity contribution is 0.00384. The monoisotopic (exact) mass is 353 g/mol. The molecule has 1 aliphatic rings. The van der Waals surface area contributed by atoms with Crippen molar-refractivity contribution in [2.75, 3.05) is 12.9 Å². The largest absolute Gasteiger partial charge is 0.373 e. The lowest BCUT2D eigenvalue weighted by Crippen LogP contribution is -2.20. The quantitative estimate of drug-likeness (QED) is 0.527.